The average molecular weight is 633 g/mol. The number of halogens is 1. The molecular weight excluding hydrogens is 604 g/mol. The van der Waals surface area contributed by atoms with Gasteiger partial charge in [0.05, 0.1) is 5.75 Å². The SMILES string of the molecule is O=C(Nc1cccc(SCC(=O)c2ccc(Cl)cc2)c1)/C(=C/c1ccc(OCc2ccccc2)cc1)NC(=O)c1ccccc1. The summed E-state index contributed by atoms with van der Waals surface area (Å²) in [6, 6.07) is 39.8. The van der Waals surface area contributed by atoms with Crippen LogP contribution in [0.3, 0.4) is 0 Å². The summed E-state index contributed by atoms with van der Waals surface area (Å²) in [5.74, 6) is -0.0360. The molecule has 0 unspecified atom stereocenters. The number of amides is 2. The fraction of sp³-hybridized carbons (Fsp3) is 0.0541. The molecule has 2 amide bonds. The highest BCUT2D eigenvalue weighted by molar-refractivity contribution is 8.00. The summed E-state index contributed by atoms with van der Waals surface area (Å²) in [6.45, 7) is 0.434. The minimum atomic E-state index is -0.497. The van der Waals surface area contributed by atoms with Crippen molar-refractivity contribution in [3.63, 3.8) is 0 Å². The van der Waals surface area contributed by atoms with Gasteiger partial charge in [0.15, 0.2) is 5.78 Å². The third-order valence-corrected chi connectivity index (χ3v) is 7.84. The molecule has 0 radical (unpaired) electrons. The predicted octanol–water partition coefficient (Wildman–Crippen LogP) is 8.30. The first-order valence-corrected chi connectivity index (χ1v) is 15.5. The van der Waals surface area contributed by atoms with E-state index in [1.807, 2.05) is 66.7 Å². The van der Waals surface area contributed by atoms with Gasteiger partial charge in [0.1, 0.15) is 18.1 Å². The van der Waals surface area contributed by atoms with Crippen LogP contribution in [0.15, 0.2) is 144 Å². The van der Waals surface area contributed by atoms with Gasteiger partial charge in [-0.1, -0.05) is 78.3 Å². The Balaban J connectivity index is 1.28. The van der Waals surface area contributed by atoms with E-state index in [1.165, 1.54) is 11.8 Å². The van der Waals surface area contributed by atoms with Crippen LogP contribution in [0, 0.1) is 0 Å². The molecule has 5 aromatic rings. The van der Waals surface area contributed by atoms with E-state index in [2.05, 4.69) is 10.6 Å². The van der Waals surface area contributed by atoms with Gasteiger partial charge in [-0.2, -0.15) is 0 Å². The standard InChI is InChI=1S/C37H29ClN2O4S/c38-30-18-16-28(17-19-30)35(41)25-45-33-13-7-12-31(23-33)39-37(43)34(40-36(42)29-10-5-2-6-11-29)22-26-14-20-32(21-15-26)44-24-27-8-3-1-4-9-27/h1-23H,24-25H2,(H,39,43)(H,40,42)/b34-22-. The maximum absolute atomic E-state index is 13.5. The van der Waals surface area contributed by atoms with Gasteiger partial charge in [0.2, 0.25) is 0 Å². The summed E-state index contributed by atoms with van der Waals surface area (Å²) in [5.41, 5.74) is 3.34. The Morgan fingerprint density at radius 2 is 1.42 bits per heavy atom. The van der Waals surface area contributed by atoms with E-state index in [1.54, 1.807) is 72.8 Å². The van der Waals surface area contributed by atoms with E-state index in [0.29, 0.717) is 39.8 Å². The molecule has 2 N–H and O–H groups in total. The maximum atomic E-state index is 13.5. The Morgan fingerprint density at radius 1 is 0.733 bits per heavy atom. The highest BCUT2D eigenvalue weighted by Gasteiger charge is 2.16. The lowest BCUT2D eigenvalue weighted by molar-refractivity contribution is -0.113. The zero-order valence-electron chi connectivity index (χ0n) is 24.1. The second-order valence-electron chi connectivity index (χ2n) is 9.92. The molecule has 0 bridgehead atoms. The molecule has 0 fully saturated rings. The minimum absolute atomic E-state index is 0.0311. The molecule has 0 aliphatic heterocycles. The normalized spacial score (nSPS) is 11.0. The van der Waals surface area contributed by atoms with Crippen LogP contribution in [0.25, 0.3) is 6.08 Å². The van der Waals surface area contributed by atoms with Crippen LogP contribution in [0.2, 0.25) is 5.02 Å². The number of benzene rings is 5. The number of nitrogens with one attached hydrogen (secondary N) is 2. The van der Waals surface area contributed by atoms with Crippen molar-refractivity contribution in [3.8, 4) is 5.75 Å². The van der Waals surface area contributed by atoms with E-state index in [0.717, 1.165) is 10.5 Å². The Kier molecular flexibility index (Phi) is 10.8. The van der Waals surface area contributed by atoms with Crippen molar-refractivity contribution < 1.29 is 19.1 Å². The molecule has 5 aromatic carbocycles. The van der Waals surface area contributed by atoms with Gasteiger partial charge in [-0.3, -0.25) is 14.4 Å². The van der Waals surface area contributed by atoms with E-state index >= 15 is 0 Å². The third-order valence-electron chi connectivity index (χ3n) is 6.60. The van der Waals surface area contributed by atoms with Gasteiger partial charge in [-0.25, -0.2) is 0 Å². The fourth-order valence-corrected chi connectivity index (χ4v) is 5.22. The van der Waals surface area contributed by atoms with Gasteiger partial charge in [-0.05, 0) is 83.9 Å². The molecule has 8 heteroatoms. The molecule has 5 rings (SSSR count). The number of carbonyl (C=O) groups excluding carboxylic acids is 3. The van der Waals surface area contributed by atoms with Crippen LogP contribution in [0.4, 0.5) is 5.69 Å². The van der Waals surface area contributed by atoms with Crippen molar-refractivity contribution in [3.05, 3.63) is 166 Å². The third kappa shape index (κ3) is 9.44. The Morgan fingerprint density at radius 3 is 2.13 bits per heavy atom. The first-order chi connectivity index (χ1) is 21.9. The van der Waals surface area contributed by atoms with Crippen molar-refractivity contribution in [1.82, 2.24) is 5.32 Å². The smallest absolute Gasteiger partial charge is 0.272 e. The van der Waals surface area contributed by atoms with Crippen molar-refractivity contribution >= 4 is 52.7 Å². The summed E-state index contributed by atoms with van der Waals surface area (Å²) >= 11 is 7.29. The van der Waals surface area contributed by atoms with Crippen molar-refractivity contribution in [2.45, 2.75) is 11.5 Å². The van der Waals surface area contributed by atoms with E-state index < -0.39 is 11.8 Å². The lowest BCUT2D eigenvalue weighted by Gasteiger charge is -2.12. The molecule has 0 aromatic heterocycles. The molecule has 0 spiro atoms. The number of ketones is 1. The van der Waals surface area contributed by atoms with Gasteiger partial charge in [0, 0.05) is 26.7 Å². The quantitative estimate of drug-likeness (QED) is 0.0821. The molecule has 0 aliphatic carbocycles. The number of carbonyl (C=O) groups is 3. The van der Waals surface area contributed by atoms with E-state index in [9.17, 15) is 14.4 Å². The summed E-state index contributed by atoms with van der Waals surface area (Å²) < 4.78 is 5.88. The molecule has 0 atom stereocenters. The van der Waals surface area contributed by atoms with E-state index in [4.69, 9.17) is 16.3 Å². The second kappa shape index (κ2) is 15.6. The highest BCUT2D eigenvalue weighted by atomic mass is 35.5. The van der Waals surface area contributed by atoms with Gasteiger partial charge in [0.25, 0.3) is 11.8 Å². The van der Waals surface area contributed by atoms with Crippen LogP contribution in [-0.2, 0) is 11.4 Å². The number of hydrogen-bond acceptors (Lipinski definition) is 5. The average Bonchev–Trinajstić information content (AvgIpc) is 3.08. The van der Waals surface area contributed by atoms with E-state index in [-0.39, 0.29) is 17.2 Å². The molecule has 0 heterocycles. The van der Waals surface area contributed by atoms with Gasteiger partial charge >= 0.3 is 0 Å². The highest BCUT2D eigenvalue weighted by Crippen LogP contribution is 2.24. The van der Waals surface area contributed by atoms with Gasteiger partial charge < -0.3 is 15.4 Å². The van der Waals surface area contributed by atoms with Crippen molar-refractivity contribution in [2.75, 3.05) is 11.1 Å². The topological polar surface area (TPSA) is 84.5 Å². The first-order valence-electron chi connectivity index (χ1n) is 14.1. The van der Waals surface area contributed by atoms with Crippen molar-refractivity contribution in [1.29, 1.82) is 0 Å². The summed E-state index contributed by atoms with van der Waals surface area (Å²) in [5, 5.41) is 6.21. The Bertz CT molecular complexity index is 1790. The van der Waals surface area contributed by atoms with Crippen molar-refractivity contribution in [2.24, 2.45) is 0 Å². The van der Waals surface area contributed by atoms with Crippen LogP contribution in [0.5, 0.6) is 5.75 Å². The number of ether oxygens (including phenoxy) is 1. The second-order valence-corrected chi connectivity index (χ2v) is 11.4. The van der Waals surface area contributed by atoms with Crippen LogP contribution >= 0.6 is 23.4 Å². The monoisotopic (exact) mass is 632 g/mol. The molecule has 0 aliphatic rings. The van der Waals surface area contributed by atoms with Crippen LogP contribution in [-0.4, -0.2) is 23.4 Å². The van der Waals surface area contributed by atoms with Crippen LogP contribution in [0.1, 0.15) is 31.8 Å². The number of anilines is 1. The molecule has 0 saturated carbocycles. The Hall–Kier alpha value is -5.11. The summed E-state index contributed by atoms with van der Waals surface area (Å²) in [4.78, 5) is 39.9. The van der Waals surface area contributed by atoms with Crippen LogP contribution < -0.4 is 15.4 Å². The Labute approximate surface area is 271 Å². The molecule has 224 valence electrons. The first kappa shape index (κ1) is 31.3. The lowest BCUT2D eigenvalue weighted by Crippen LogP contribution is -2.30. The molecular formula is C37H29ClN2O4S. The molecule has 45 heavy (non-hydrogen) atoms. The fourth-order valence-electron chi connectivity index (χ4n) is 4.24. The minimum Gasteiger partial charge on any atom is -0.489 e. The largest absolute Gasteiger partial charge is 0.489 e. The maximum Gasteiger partial charge on any atom is 0.272 e. The molecule has 0 saturated heterocycles. The zero-order valence-corrected chi connectivity index (χ0v) is 25.7. The summed E-state index contributed by atoms with van der Waals surface area (Å²) in [6.07, 6.45) is 1.61. The predicted molar refractivity (Wildman–Crippen MR) is 181 cm³/mol. The lowest BCUT2D eigenvalue weighted by atomic mass is 10.1. The molecule has 6 nitrogen and oxygen atoms in total. The number of thioether (sulfide) groups is 1. The van der Waals surface area contributed by atoms with Gasteiger partial charge in [-0.15, -0.1) is 11.8 Å². The summed E-state index contributed by atoms with van der Waals surface area (Å²) in [7, 11) is 0. The number of rotatable bonds is 12. The number of hydrogen-bond donors (Lipinski definition) is 2. The zero-order chi connectivity index (χ0) is 31.4. The number of Topliss-reactive ketones (excluding diaryl/α,β-unsaturated/α-hetero) is 1.